The largest absolute Gasteiger partial charge is 0.493 e. The van der Waals surface area contributed by atoms with Crippen LogP contribution in [-0.2, 0) is 20.7 Å². The maximum Gasteiger partial charge on any atom is 0.343 e. The number of rotatable bonds is 7. The van der Waals surface area contributed by atoms with Gasteiger partial charge in [0.1, 0.15) is 11.7 Å². The summed E-state index contributed by atoms with van der Waals surface area (Å²) in [6.07, 6.45) is -0.0995. The molecule has 0 fully saturated rings. The number of cyclic esters (lactones) is 1. The molecule has 0 bridgehead atoms. The molecule has 10 heteroatoms. The number of hydrogen-bond donors (Lipinski definition) is 0. The molecule has 2 aromatic rings. The molecule has 0 radical (unpaired) electrons. The van der Waals surface area contributed by atoms with E-state index in [1.54, 1.807) is 26.2 Å². The van der Waals surface area contributed by atoms with Gasteiger partial charge in [-0.2, -0.15) is 0 Å². The molecule has 0 spiro atoms. The zero-order chi connectivity index (χ0) is 24.7. The van der Waals surface area contributed by atoms with Gasteiger partial charge in [0, 0.05) is 17.7 Å². The van der Waals surface area contributed by atoms with E-state index < -0.39 is 18.1 Å². The molecule has 0 saturated heterocycles. The summed E-state index contributed by atoms with van der Waals surface area (Å²) in [7, 11) is 4.54. The maximum absolute atomic E-state index is 13.1. The van der Waals surface area contributed by atoms with Crippen LogP contribution in [0.15, 0.2) is 18.2 Å². The van der Waals surface area contributed by atoms with Gasteiger partial charge in [-0.25, -0.2) is 4.79 Å². The summed E-state index contributed by atoms with van der Waals surface area (Å²) in [6.45, 7) is 2.68. The third-order valence-electron chi connectivity index (χ3n) is 6.55. The van der Waals surface area contributed by atoms with Gasteiger partial charge in [0.25, 0.3) is 0 Å². The molecule has 2 atom stereocenters. The van der Waals surface area contributed by atoms with E-state index in [0.29, 0.717) is 52.8 Å². The smallest absolute Gasteiger partial charge is 0.343 e. The summed E-state index contributed by atoms with van der Waals surface area (Å²) in [5, 5.41) is 0. The van der Waals surface area contributed by atoms with Gasteiger partial charge in [-0.3, -0.25) is 9.69 Å². The molecule has 0 amide bonds. The van der Waals surface area contributed by atoms with E-state index >= 15 is 0 Å². The van der Waals surface area contributed by atoms with Crippen molar-refractivity contribution >= 4 is 11.9 Å². The normalized spacial score (nSPS) is 20.1. The average molecular weight is 485 g/mol. The van der Waals surface area contributed by atoms with Gasteiger partial charge in [0.15, 0.2) is 23.0 Å². The van der Waals surface area contributed by atoms with Crippen LogP contribution in [0.5, 0.6) is 28.7 Å². The highest BCUT2D eigenvalue weighted by molar-refractivity contribution is 5.98. The van der Waals surface area contributed by atoms with Gasteiger partial charge in [0.2, 0.25) is 12.5 Å². The number of esters is 2. The molecule has 0 saturated carbocycles. The summed E-state index contributed by atoms with van der Waals surface area (Å²) in [6, 6.07) is 4.92. The van der Waals surface area contributed by atoms with Crippen molar-refractivity contribution in [1.29, 1.82) is 0 Å². The fourth-order valence-corrected chi connectivity index (χ4v) is 5.15. The minimum atomic E-state index is -0.736. The Balaban J connectivity index is 1.67. The number of hydrogen-bond acceptors (Lipinski definition) is 10. The van der Waals surface area contributed by atoms with Crippen molar-refractivity contribution in [2.45, 2.75) is 25.5 Å². The molecular formula is C25H27NO9. The SMILES string of the molecule is CCOC(=O)CN1CCc2cc3c(c(OC)c2[C@@H]1[C@H]1OC(=O)c2c1ccc(OC)c2OC)OCO3. The van der Waals surface area contributed by atoms with Crippen molar-refractivity contribution in [2.24, 2.45) is 0 Å². The second kappa shape index (κ2) is 9.18. The number of carbonyl (C=O) groups is 2. The van der Waals surface area contributed by atoms with Crippen LogP contribution in [0.25, 0.3) is 0 Å². The van der Waals surface area contributed by atoms with Gasteiger partial charge < -0.3 is 33.2 Å². The molecule has 5 rings (SSSR count). The number of ether oxygens (including phenoxy) is 7. The Hall–Kier alpha value is -3.66. The molecular weight excluding hydrogens is 458 g/mol. The maximum atomic E-state index is 13.1. The summed E-state index contributed by atoms with van der Waals surface area (Å²) in [5.41, 5.74) is 2.70. The van der Waals surface area contributed by atoms with E-state index in [2.05, 4.69) is 0 Å². The molecule has 0 aliphatic carbocycles. The summed E-state index contributed by atoms with van der Waals surface area (Å²) < 4.78 is 39.2. The molecule has 3 aliphatic rings. The summed E-state index contributed by atoms with van der Waals surface area (Å²) in [4.78, 5) is 27.6. The topological polar surface area (TPSA) is 102 Å². The first kappa shape index (κ1) is 23.1. The predicted octanol–water partition coefficient (Wildman–Crippen LogP) is 2.82. The first-order chi connectivity index (χ1) is 17.0. The lowest BCUT2D eigenvalue weighted by Gasteiger charge is -2.40. The van der Waals surface area contributed by atoms with E-state index in [9.17, 15) is 9.59 Å². The van der Waals surface area contributed by atoms with Crippen LogP contribution in [0, 0.1) is 0 Å². The van der Waals surface area contributed by atoms with E-state index in [4.69, 9.17) is 33.2 Å². The Labute approximate surface area is 202 Å². The van der Waals surface area contributed by atoms with Crippen LogP contribution < -0.4 is 23.7 Å². The van der Waals surface area contributed by atoms with Crippen LogP contribution in [0.1, 0.15) is 46.1 Å². The molecule has 0 N–H and O–H groups in total. The van der Waals surface area contributed by atoms with Crippen molar-refractivity contribution in [3.63, 3.8) is 0 Å². The fraction of sp³-hybridized carbons (Fsp3) is 0.440. The van der Waals surface area contributed by atoms with E-state index in [0.717, 1.165) is 11.1 Å². The van der Waals surface area contributed by atoms with E-state index in [-0.39, 0.29) is 25.9 Å². The molecule has 0 aromatic heterocycles. The quantitative estimate of drug-likeness (QED) is 0.544. The first-order valence-corrected chi connectivity index (χ1v) is 11.4. The molecule has 3 aliphatic heterocycles. The van der Waals surface area contributed by atoms with Crippen LogP contribution in [0.3, 0.4) is 0 Å². The van der Waals surface area contributed by atoms with Crippen LogP contribution in [0.4, 0.5) is 0 Å². The van der Waals surface area contributed by atoms with Gasteiger partial charge in [-0.1, -0.05) is 6.07 Å². The van der Waals surface area contributed by atoms with Crippen LogP contribution >= 0.6 is 0 Å². The molecule has 2 aromatic carbocycles. The predicted molar refractivity (Wildman–Crippen MR) is 121 cm³/mol. The zero-order valence-corrected chi connectivity index (χ0v) is 20.0. The fourth-order valence-electron chi connectivity index (χ4n) is 5.15. The lowest BCUT2D eigenvalue weighted by molar-refractivity contribution is -0.146. The standard InChI is InChI=1S/C25H27NO9/c1-5-32-17(27)11-26-9-8-13-10-16-23(34-12-33-16)24(31-4)18(13)20(26)21-14-6-7-15(29-2)22(30-3)19(14)25(28)35-21/h6-7,10,20-21H,5,8-9,11-12H2,1-4H3/t20-,21+/m1/s1. The highest BCUT2D eigenvalue weighted by Crippen LogP contribution is 2.55. The van der Waals surface area contributed by atoms with Crippen molar-refractivity contribution < 1.29 is 42.7 Å². The lowest BCUT2D eigenvalue weighted by atomic mass is 9.85. The molecule has 0 unspecified atom stereocenters. The number of methoxy groups -OCH3 is 3. The summed E-state index contributed by atoms with van der Waals surface area (Å²) >= 11 is 0. The Morgan fingerprint density at radius 1 is 1.11 bits per heavy atom. The molecule has 10 nitrogen and oxygen atoms in total. The second-order valence-corrected chi connectivity index (χ2v) is 8.28. The third kappa shape index (κ3) is 3.68. The van der Waals surface area contributed by atoms with E-state index in [1.165, 1.54) is 14.2 Å². The van der Waals surface area contributed by atoms with Gasteiger partial charge in [-0.15, -0.1) is 0 Å². The molecule has 3 heterocycles. The lowest BCUT2D eigenvalue weighted by Crippen LogP contribution is -2.42. The highest BCUT2D eigenvalue weighted by atomic mass is 16.7. The monoisotopic (exact) mass is 485 g/mol. The number of fused-ring (bicyclic) bond motifs is 3. The Kier molecular flexibility index (Phi) is 6.06. The van der Waals surface area contributed by atoms with Gasteiger partial charge >= 0.3 is 11.9 Å². The number of benzene rings is 2. The van der Waals surface area contributed by atoms with Crippen molar-refractivity contribution in [3.05, 3.63) is 40.5 Å². The van der Waals surface area contributed by atoms with Gasteiger partial charge in [-0.05, 0) is 31.0 Å². The number of nitrogens with zero attached hydrogens (tertiary/aromatic N) is 1. The summed E-state index contributed by atoms with van der Waals surface area (Å²) in [5.74, 6) is 1.44. The average Bonchev–Trinajstić information content (AvgIpc) is 3.46. The van der Waals surface area contributed by atoms with Crippen molar-refractivity contribution in [3.8, 4) is 28.7 Å². The van der Waals surface area contributed by atoms with E-state index in [1.807, 2.05) is 11.0 Å². The zero-order valence-electron chi connectivity index (χ0n) is 20.0. The first-order valence-electron chi connectivity index (χ1n) is 11.4. The Bertz CT molecular complexity index is 1180. The minimum Gasteiger partial charge on any atom is -0.493 e. The van der Waals surface area contributed by atoms with Crippen LogP contribution in [0.2, 0.25) is 0 Å². The number of carbonyl (C=O) groups excluding carboxylic acids is 2. The van der Waals surface area contributed by atoms with Crippen molar-refractivity contribution in [2.75, 3.05) is 47.8 Å². The minimum absolute atomic E-state index is 0.0201. The van der Waals surface area contributed by atoms with Crippen LogP contribution in [-0.4, -0.2) is 64.7 Å². The molecule has 186 valence electrons. The molecule has 35 heavy (non-hydrogen) atoms. The Morgan fingerprint density at radius 3 is 2.63 bits per heavy atom. The third-order valence-corrected chi connectivity index (χ3v) is 6.55. The van der Waals surface area contributed by atoms with Gasteiger partial charge in [0.05, 0.1) is 40.5 Å². The highest BCUT2D eigenvalue weighted by Gasteiger charge is 2.47. The Morgan fingerprint density at radius 2 is 1.91 bits per heavy atom. The van der Waals surface area contributed by atoms with Crippen molar-refractivity contribution in [1.82, 2.24) is 4.90 Å². The second-order valence-electron chi connectivity index (χ2n) is 8.28.